The maximum absolute atomic E-state index is 6.29. The summed E-state index contributed by atoms with van der Waals surface area (Å²) in [7, 11) is 0. The second kappa shape index (κ2) is 6.09. The van der Waals surface area contributed by atoms with Crippen LogP contribution in [0.15, 0.2) is 48.5 Å². The minimum atomic E-state index is 0.848. The van der Waals surface area contributed by atoms with Crippen molar-refractivity contribution in [3.63, 3.8) is 0 Å². The smallest absolute Gasteiger partial charge is 0.0692 e. The molecule has 1 aliphatic heterocycles. The van der Waals surface area contributed by atoms with Gasteiger partial charge in [0.2, 0.25) is 0 Å². The van der Waals surface area contributed by atoms with Gasteiger partial charge in [0, 0.05) is 17.6 Å². The fourth-order valence-corrected chi connectivity index (χ4v) is 3.55. The van der Waals surface area contributed by atoms with Crippen LogP contribution < -0.4 is 5.73 Å². The van der Waals surface area contributed by atoms with Gasteiger partial charge in [0.1, 0.15) is 0 Å². The lowest BCUT2D eigenvalue weighted by Gasteiger charge is -2.14. The predicted octanol–water partition coefficient (Wildman–Crippen LogP) is 4.06. The Balaban J connectivity index is 1.61. The summed E-state index contributed by atoms with van der Waals surface area (Å²) in [6.45, 7) is 3.64. The van der Waals surface area contributed by atoms with Gasteiger partial charge >= 0.3 is 0 Å². The largest absolute Gasteiger partial charge is 0.397 e. The highest BCUT2D eigenvalue weighted by Gasteiger charge is 2.12. The molecule has 3 heteroatoms. The number of rotatable bonds is 4. The number of nitrogens with one attached hydrogen (secondary N) is 1. The number of nitrogens with two attached hydrogens (primary N) is 1. The number of likely N-dealkylation sites (tertiary alicyclic amines) is 1. The van der Waals surface area contributed by atoms with Crippen molar-refractivity contribution in [3.05, 3.63) is 54.1 Å². The average Bonchev–Trinajstić information content (AvgIpc) is 3.23. The third kappa shape index (κ3) is 2.97. The lowest BCUT2D eigenvalue weighted by atomic mass is 10.1. The Hall–Kier alpha value is -2.26. The van der Waals surface area contributed by atoms with Gasteiger partial charge < -0.3 is 15.6 Å². The van der Waals surface area contributed by atoms with Gasteiger partial charge in [-0.15, -0.1) is 0 Å². The standard InChI is InChI=1S/C20H23N3/c21-18-13-15(8-11-23-9-4-5-10-23)12-17-14-19(22-20(17)18)16-6-2-1-3-7-16/h1-3,6-7,12-14,22H,4-5,8-11,21H2. The van der Waals surface area contributed by atoms with E-state index in [0.717, 1.165) is 29.9 Å². The number of H-pyrrole nitrogens is 1. The van der Waals surface area contributed by atoms with E-state index < -0.39 is 0 Å². The molecule has 0 bridgehead atoms. The number of nitrogen functional groups attached to an aromatic ring is 1. The first kappa shape index (κ1) is 14.3. The first-order valence-electron chi connectivity index (χ1n) is 8.48. The van der Waals surface area contributed by atoms with Gasteiger partial charge in [0.25, 0.3) is 0 Å². The van der Waals surface area contributed by atoms with Crippen molar-refractivity contribution < 1.29 is 0 Å². The third-order valence-corrected chi connectivity index (χ3v) is 4.82. The zero-order valence-electron chi connectivity index (χ0n) is 13.4. The summed E-state index contributed by atoms with van der Waals surface area (Å²) >= 11 is 0. The van der Waals surface area contributed by atoms with Gasteiger partial charge in [-0.05, 0) is 61.7 Å². The maximum atomic E-state index is 6.29. The minimum Gasteiger partial charge on any atom is -0.397 e. The molecule has 0 saturated carbocycles. The van der Waals surface area contributed by atoms with E-state index in [2.05, 4.69) is 52.3 Å². The number of fused-ring (bicyclic) bond motifs is 1. The van der Waals surface area contributed by atoms with Crippen LogP contribution >= 0.6 is 0 Å². The van der Waals surface area contributed by atoms with Crippen molar-refractivity contribution >= 4 is 16.6 Å². The molecule has 0 spiro atoms. The predicted molar refractivity (Wildman–Crippen MR) is 97.5 cm³/mol. The summed E-state index contributed by atoms with van der Waals surface area (Å²) in [6, 6.07) is 17.0. The Bertz CT molecular complexity index is 798. The number of nitrogens with zero attached hydrogens (tertiary/aromatic N) is 1. The summed E-state index contributed by atoms with van der Waals surface area (Å²) < 4.78 is 0. The molecule has 0 atom stereocenters. The zero-order chi connectivity index (χ0) is 15.6. The van der Waals surface area contributed by atoms with Gasteiger partial charge in [-0.3, -0.25) is 0 Å². The van der Waals surface area contributed by atoms with Crippen LogP contribution in [0, 0.1) is 0 Å². The van der Waals surface area contributed by atoms with Crippen LogP contribution in [-0.4, -0.2) is 29.5 Å². The van der Waals surface area contributed by atoms with Gasteiger partial charge in [-0.2, -0.15) is 0 Å². The van der Waals surface area contributed by atoms with Gasteiger partial charge in [0.05, 0.1) is 11.2 Å². The van der Waals surface area contributed by atoms with Crippen LogP contribution in [0.25, 0.3) is 22.2 Å². The van der Waals surface area contributed by atoms with E-state index in [-0.39, 0.29) is 0 Å². The molecule has 1 aromatic heterocycles. The highest BCUT2D eigenvalue weighted by atomic mass is 15.1. The molecular formula is C20H23N3. The minimum absolute atomic E-state index is 0.848. The Morgan fingerprint density at radius 2 is 1.78 bits per heavy atom. The number of hydrogen-bond acceptors (Lipinski definition) is 2. The summed E-state index contributed by atoms with van der Waals surface area (Å²) in [5.41, 5.74) is 11.8. The topological polar surface area (TPSA) is 45.0 Å². The second-order valence-electron chi connectivity index (χ2n) is 6.50. The first-order chi connectivity index (χ1) is 11.3. The molecule has 4 rings (SSSR count). The molecule has 1 aliphatic rings. The molecule has 23 heavy (non-hydrogen) atoms. The molecule has 2 heterocycles. The number of aromatic nitrogens is 1. The second-order valence-corrected chi connectivity index (χ2v) is 6.50. The molecule has 118 valence electrons. The monoisotopic (exact) mass is 305 g/mol. The lowest BCUT2D eigenvalue weighted by molar-refractivity contribution is 0.343. The average molecular weight is 305 g/mol. The van der Waals surface area contributed by atoms with Crippen molar-refractivity contribution in [3.8, 4) is 11.3 Å². The first-order valence-corrected chi connectivity index (χ1v) is 8.48. The van der Waals surface area contributed by atoms with Gasteiger partial charge in [-0.25, -0.2) is 0 Å². The fourth-order valence-electron chi connectivity index (χ4n) is 3.55. The summed E-state index contributed by atoms with van der Waals surface area (Å²) in [5.74, 6) is 0. The van der Waals surface area contributed by atoms with Crippen molar-refractivity contribution in [2.24, 2.45) is 0 Å². The Morgan fingerprint density at radius 1 is 1.00 bits per heavy atom. The molecule has 0 amide bonds. The number of anilines is 1. The van der Waals surface area contributed by atoms with E-state index in [9.17, 15) is 0 Å². The lowest BCUT2D eigenvalue weighted by Crippen LogP contribution is -2.21. The number of aromatic amines is 1. The van der Waals surface area contributed by atoms with Gasteiger partial charge in [0.15, 0.2) is 0 Å². The van der Waals surface area contributed by atoms with E-state index in [1.807, 2.05) is 6.07 Å². The van der Waals surface area contributed by atoms with Crippen LogP contribution in [0.2, 0.25) is 0 Å². The van der Waals surface area contributed by atoms with Crippen LogP contribution in [0.5, 0.6) is 0 Å². The van der Waals surface area contributed by atoms with Gasteiger partial charge in [-0.1, -0.05) is 30.3 Å². The molecule has 1 saturated heterocycles. The maximum Gasteiger partial charge on any atom is 0.0692 e. The molecule has 0 unspecified atom stereocenters. The van der Waals surface area contributed by atoms with E-state index >= 15 is 0 Å². The van der Waals surface area contributed by atoms with E-state index in [4.69, 9.17) is 5.73 Å². The molecular weight excluding hydrogens is 282 g/mol. The van der Waals surface area contributed by atoms with Crippen LogP contribution in [0.3, 0.4) is 0 Å². The summed E-state index contributed by atoms with van der Waals surface area (Å²) in [6.07, 6.45) is 3.77. The molecule has 2 aromatic carbocycles. The highest BCUT2D eigenvalue weighted by Crippen LogP contribution is 2.29. The molecule has 3 aromatic rings. The van der Waals surface area contributed by atoms with E-state index in [1.165, 1.54) is 42.4 Å². The number of hydrogen-bond donors (Lipinski definition) is 2. The molecule has 0 aliphatic carbocycles. The Labute approximate surface area is 137 Å². The molecule has 3 N–H and O–H groups in total. The normalized spacial score (nSPS) is 15.5. The molecule has 0 radical (unpaired) electrons. The van der Waals surface area contributed by atoms with Crippen molar-refractivity contribution in [2.75, 3.05) is 25.4 Å². The van der Waals surface area contributed by atoms with Crippen molar-refractivity contribution in [2.45, 2.75) is 19.3 Å². The fraction of sp³-hybridized carbons (Fsp3) is 0.300. The molecule has 1 fully saturated rings. The van der Waals surface area contributed by atoms with E-state index in [0.29, 0.717) is 0 Å². The van der Waals surface area contributed by atoms with Crippen LogP contribution in [0.4, 0.5) is 5.69 Å². The highest BCUT2D eigenvalue weighted by molar-refractivity contribution is 5.94. The zero-order valence-corrected chi connectivity index (χ0v) is 13.4. The molecule has 3 nitrogen and oxygen atoms in total. The number of benzene rings is 2. The third-order valence-electron chi connectivity index (χ3n) is 4.82. The Morgan fingerprint density at radius 3 is 2.57 bits per heavy atom. The Kier molecular flexibility index (Phi) is 3.80. The van der Waals surface area contributed by atoms with Crippen LogP contribution in [-0.2, 0) is 6.42 Å². The van der Waals surface area contributed by atoms with Crippen molar-refractivity contribution in [1.82, 2.24) is 9.88 Å². The van der Waals surface area contributed by atoms with Crippen LogP contribution in [0.1, 0.15) is 18.4 Å². The van der Waals surface area contributed by atoms with E-state index in [1.54, 1.807) is 0 Å². The summed E-state index contributed by atoms with van der Waals surface area (Å²) in [4.78, 5) is 6.02. The summed E-state index contributed by atoms with van der Waals surface area (Å²) in [5, 5.41) is 1.21. The van der Waals surface area contributed by atoms with Crippen molar-refractivity contribution in [1.29, 1.82) is 0 Å². The SMILES string of the molecule is Nc1cc(CCN2CCCC2)cc2cc(-c3ccccc3)[nH]c12. The quantitative estimate of drug-likeness (QED) is 0.714.